The van der Waals surface area contributed by atoms with Gasteiger partial charge in [0.05, 0.1) is 11.6 Å². The lowest BCUT2D eigenvalue weighted by atomic mass is 10.1. The molecule has 1 atom stereocenters. The number of hydrogen-bond donors (Lipinski definition) is 1. The molecule has 0 heterocycles. The molecule has 0 radical (unpaired) electrons. The van der Waals surface area contributed by atoms with Gasteiger partial charge in [0, 0.05) is 5.56 Å². The molecule has 1 aromatic rings. The number of rotatable bonds is 5. The van der Waals surface area contributed by atoms with Gasteiger partial charge in [0.1, 0.15) is 6.16 Å². The van der Waals surface area contributed by atoms with E-state index in [0.717, 1.165) is 0 Å². The molecule has 0 aliphatic heterocycles. The van der Waals surface area contributed by atoms with E-state index >= 15 is 0 Å². The molecule has 0 amide bonds. The minimum atomic E-state index is -4.09. The van der Waals surface area contributed by atoms with Crippen LogP contribution < -0.4 is 0 Å². The number of hydrogen-bond acceptors (Lipinski definition) is 3. The van der Waals surface area contributed by atoms with Crippen LogP contribution in [0.3, 0.4) is 0 Å². The van der Waals surface area contributed by atoms with Crippen LogP contribution in [-0.4, -0.2) is 23.4 Å². The molecule has 0 spiro atoms. The van der Waals surface area contributed by atoms with Crippen LogP contribution in [0.5, 0.6) is 0 Å². The fraction of sp³-hybridized carbons (Fsp3) is 0.300. The largest absolute Gasteiger partial charge is 0.335 e. The van der Waals surface area contributed by atoms with E-state index < -0.39 is 31.2 Å². The van der Waals surface area contributed by atoms with Crippen molar-refractivity contribution in [3.8, 4) is 0 Å². The normalized spacial score (nSPS) is 14.3. The van der Waals surface area contributed by atoms with Crippen molar-refractivity contribution in [2.75, 3.05) is 12.8 Å². The first-order chi connectivity index (χ1) is 8.26. The molecule has 1 N–H and O–H groups in total. The summed E-state index contributed by atoms with van der Waals surface area (Å²) in [6.07, 6.45) is -0.842. The van der Waals surface area contributed by atoms with Gasteiger partial charge in [-0.05, 0) is 19.1 Å². The summed E-state index contributed by atoms with van der Waals surface area (Å²) in [6, 6.07) is 1.22. The summed E-state index contributed by atoms with van der Waals surface area (Å²) in [5.41, 5.74) is -0.357. The highest BCUT2D eigenvalue weighted by atomic mass is 35.5. The monoisotopic (exact) mass is 298 g/mol. The van der Waals surface area contributed by atoms with Crippen LogP contribution in [0.2, 0.25) is 5.02 Å². The Labute approximate surface area is 107 Å². The molecule has 0 aliphatic rings. The van der Waals surface area contributed by atoms with Crippen molar-refractivity contribution in [1.82, 2.24) is 0 Å². The molecule has 100 valence electrons. The Bertz CT molecular complexity index is 521. The zero-order valence-electron chi connectivity index (χ0n) is 9.32. The van der Waals surface area contributed by atoms with E-state index in [0.29, 0.717) is 12.1 Å². The average molecular weight is 299 g/mol. The van der Waals surface area contributed by atoms with Crippen LogP contribution in [0, 0.1) is 11.6 Å². The molecule has 0 aliphatic carbocycles. The smallest absolute Gasteiger partial charge is 0.324 e. The third-order valence-corrected chi connectivity index (χ3v) is 3.65. The van der Waals surface area contributed by atoms with Crippen LogP contribution in [0.1, 0.15) is 17.3 Å². The van der Waals surface area contributed by atoms with E-state index in [-0.39, 0.29) is 17.2 Å². The van der Waals surface area contributed by atoms with Crippen LogP contribution in [-0.2, 0) is 9.09 Å². The molecule has 4 nitrogen and oxygen atoms in total. The first-order valence-corrected chi connectivity index (χ1v) is 7.05. The molecule has 18 heavy (non-hydrogen) atoms. The average Bonchev–Trinajstić information content (AvgIpc) is 2.22. The lowest BCUT2D eigenvalue weighted by molar-refractivity contribution is 0.101. The fourth-order valence-corrected chi connectivity index (χ4v) is 2.53. The molecule has 1 rings (SSSR count). The first kappa shape index (κ1) is 15.2. The molecule has 1 aromatic carbocycles. The lowest BCUT2D eigenvalue weighted by Gasteiger charge is -2.10. The molecule has 0 aromatic heterocycles. The Hall–Kier alpha value is -0.810. The quantitative estimate of drug-likeness (QED) is 0.515. The van der Waals surface area contributed by atoms with Gasteiger partial charge >= 0.3 is 7.60 Å². The highest BCUT2D eigenvalue weighted by Gasteiger charge is 2.26. The fourth-order valence-electron chi connectivity index (χ4n) is 1.25. The summed E-state index contributed by atoms with van der Waals surface area (Å²) in [5.74, 6) is -3.35. The molecule has 0 saturated carbocycles. The van der Waals surface area contributed by atoms with Gasteiger partial charge in [-0.25, -0.2) is 8.78 Å². The number of carbonyl (C=O) groups excluding carboxylic acids is 1. The Balaban J connectivity index is 2.98. The first-order valence-electron chi connectivity index (χ1n) is 4.91. The van der Waals surface area contributed by atoms with Gasteiger partial charge in [-0.1, -0.05) is 11.6 Å². The van der Waals surface area contributed by atoms with E-state index in [9.17, 15) is 23.0 Å². The third kappa shape index (κ3) is 3.85. The SMILES string of the molecule is CCOP(=O)(O)CC(=O)c1cc(F)c(F)cc1Cl. The van der Waals surface area contributed by atoms with Gasteiger partial charge in [0.15, 0.2) is 17.4 Å². The van der Waals surface area contributed by atoms with Crippen molar-refractivity contribution in [1.29, 1.82) is 0 Å². The molecular weight excluding hydrogens is 289 g/mol. The molecule has 0 saturated heterocycles. The molecule has 8 heteroatoms. The van der Waals surface area contributed by atoms with Crippen molar-refractivity contribution in [3.05, 3.63) is 34.4 Å². The van der Waals surface area contributed by atoms with E-state index in [1.54, 1.807) is 0 Å². The molecular formula is C10H10ClF2O4P. The van der Waals surface area contributed by atoms with Gasteiger partial charge < -0.3 is 9.42 Å². The third-order valence-electron chi connectivity index (χ3n) is 1.98. The summed E-state index contributed by atoms with van der Waals surface area (Å²) in [4.78, 5) is 20.9. The van der Waals surface area contributed by atoms with Gasteiger partial charge in [-0.3, -0.25) is 9.36 Å². The van der Waals surface area contributed by atoms with Gasteiger partial charge in [0.25, 0.3) is 0 Å². The zero-order valence-corrected chi connectivity index (χ0v) is 11.0. The van der Waals surface area contributed by atoms with Crippen molar-refractivity contribution in [2.24, 2.45) is 0 Å². The maximum absolute atomic E-state index is 13.0. The maximum atomic E-state index is 13.0. The summed E-state index contributed by atoms with van der Waals surface area (Å²) < 4.78 is 41.6. The number of Topliss-reactive ketones (excluding diaryl/α,β-unsaturated/α-hetero) is 1. The van der Waals surface area contributed by atoms with Crippen LogP contribution >= 0.6 is 19.2 Å². The van der Waals surface area contributed by atoms with Gasteiger partial charge in [-0.15, -0.1) is 0 Å². The molecule has 0 bridgehead atoms. The minimum absolute atomic E-state index is 0.0490. The topological polar surface area (TPSA) is 63.6 Å². The Morgan fingerprint density at radius 2 is 2.00 bits per heavy atom. The Kier molecular flexibility index (Phi) is 4.99. The Morgan fingerprint density at radius 1 is 1.44 bits per heavy atom. The molecule has 0 fully saturated rings. The number of carbonyl (C=O) groups is 1. The summed E-state index contributed by atoms with van der Waals surface area (Å²) >= 11 is 5.56. The summed E-state index contributed by atoms with van der Waals surface area (Å²) in [7, 11) is -4.09. The second kappa shape index (κ2) is 5.89. The number of halogens is 3. The van der Waals surface area contributed by atoms with Crippen LogP contribution in [0.4, 0.5) is 8.78 Å². The second-order valence-electron chi connectivity index (χ2n) is 3.38. The maximum Gasteiger partial charge on any atom is 0.335 e. The van der Waals surface area contributed by atoms with E-state index in [1.807, 2.05) is 0 Å². The zero-order chi connectivity index (χ0) is 13.9. The van der Waals surface area contributed by atoms with Crippen LogP contribution in [0.25, 0.3) is 0 Å². The predicted octanol–water partition coefficient (Wildman–Crippen LogP) is 3.02. The highest BCUT2D eigenvalue weighted by Crippen LogP contribution is 2.42. The molecule has 1 unspecified atom stereocenters. The Morgan fingerprint density at radius 3 is 2.56 bits per heavy atom. The van der Waals surface area contributed by atoms with E-state index in [4.69, 9.17) is 11.6 Å². The minimum Gasteiger partial charge on any atom is -0.324 e. The highest BCUT2D eigenvalue weighted by molar-refractivity contribution is 7.53. The number of benzene rings is 1. The lowest BCUT2D eigenvalue weighted by Crippen LogP contribution is -2.09. The summed E-state index contributed by atoms with van der Waals surface area (Å²) in [6.45, 7) is 1.43. The van der Waals surface area contributed by atoms with Crippen molar-refractivity contribution in [3.63, 3.8) is 0 Å². The van der Waals surface area contributed by atoms with Crippen molar-refractivity contribution in [2.45, 2.75) is 6.92 Å². The number of ketones is 1. The van der Waals surface area contributed by atoms with E-state index in [2.05, 4.69) is 4.52 Å². The predicted molar refractivity (Wildman–Crippen MR) is 62.0 cm³/mol. The standard InChI is InChI=1S/C10H10ClF2O4P/c1-2-17-18(15,16)5-10(14)6-3-8(12)9(13)4-7(6)11/h3-4H,2,5H2,1H3,(H,15,16). The summed E-state index contributed by atoms with van der Waals surface area (Å²) in [5, 5.41) is -0.324. The van der Waals surface area contributed by atoms with Crippen LogP contribution in [0.15, 0.2) is 12.1 Å². The van der Waals surface area contributed by atoms with Crippen molar-refractivity contribution >= 4 is 25.0 Å². The van der Waals surface area contributed by atoms with Gasteiger partial charge in [-0.2, -0.15) is 0 Å². The van der Waals surface area contributed by atoms with Crippen molar-refractivity contribution < 1.29 is 27.6 Å². The van der Waals surface area contributed by atoms with Gasteiger partial charge in [0.2, 0.25) is 0 Å². The second-order valence-corrected chi connectivity index (χ2v) is 5.64. The van der Waals surface area contributed by atoms with E-state index in [1.165, 1.54) is 6.92 Å².